The van der Waals surface area contributed by atoms with Crippen LogP contribution in [0.25, 0.3) is 0 Å². The van der Waals surface area contributed by atoms with Gasteiger partial charge in [-0.25, -0.2) is 4.39 Å². The standard InChI is InChI=1S/C21H28FN3S.2C2H6/c1-14(2)11-16(5)8-10-26-21-19(17(6)24-25(21)15(3)4)12-18-7-9-23-13-20(18)22;2*1-2/h7-9,11,13,15H,10,12H2,1-6H3;2*1-2H3/b16-8-;;. The molecule has 3 nitrogen and oxygen atoms in total. The third-order valence-electron chi connectivity index (χ3n) is 4.02. The normalized spacial score (nSPS) is 10.7. The Morgan fingerprint density at radius 1 is 1.17 bits per heavy atom. The monoisotopic (exact) mass is 433 g/mol. The van der Waals surface area contributed by atoms with Crippen LogP contribution in [-0.2, 0) is 6.42 Å². The fraction of sp³-hybridized carbons (Fsp3) is 0.520. The second-order valence-electron chi connectivity index (χ2n) is 7.03. The third-order valence-corrected chi connectivity index (χ3v) is 5.06. The van der Waals surface area contributed by atoms with E-state index in [0.717, 1.165) is 22.0 Å². The summed E-state index contributed by atoms with van der Waals surface area (Å²) < 4.78 is 16.1. The zero-order chi connectivity index (χ0) is 23.3. The van der Waals surface area contributed by atoms with Gasteiger partial charge in [-0.15, -0.1) is 11.8 Å². The van der Waals surface area contributed by atoms with Crippen LogP contribution >= 0.6 is 11.8 Å². The van der Waals surface area contributed by atoms with E-state index in [-0.39, 0.29) is 11.9 Å². The minimum absolute atomic E-state index is 0.259. The maximum atomic E-state index is 14.1. The summed E-state index contributed by atoms with van der Waals surface area (Å²) in [5, 5.41) is 5.83. The van der Waals surface area contributed by atoms with Gasteiger partial charge in [0.25, 0.3) is 0 Å². The van der Waals surface area contributed by atoms with Gasteiger partial charge in [0.05, 0.1) is 16.9 Å². The lowest BCUT2D eigenvalue weighted by atomic mass is 10.1. The molecule has 0 fully saturated rings. The van der Waals surface area contributed by atoms with Crippen LogP contribution in [0.4, 0.5) is 4.39 Å². The molecule has 5 heteroatoms. The Labute approximate surface area is 187 Å². The number of nitrogens with zero attached hydrogens (tertiary/aromatic N) is 3. The molecule has 0 radical (unpaired) electrons. The first-order valence-electron chi connectivity index (χ1n) is 10.9. The van der Waals surface area contributed by atoms with Gasteiger partial charge < -0.3 is 0 Å². The molecule has 2 aromatic heterocycles. The molecule has 30 heavy (non-hydrogen) atoms. The van der Waals surface area contributed by atoms with Gasteiger partial charge in [-0.2, -0.15) is 5.10 Å². The van der Waals surface area contributed by atoms with E-state index in [1.165, 1.54) is 17.3 Å². The molecule has 0 saturated carbocycles. The van der Waals surface area contributed by atoms with Crippen LogP contribution in [0.3, 0.4) is 0 Å². The van der Waals surface area contributed by atoms with Crippen LogP contribution in [0.15, 0.2) is 46.8 Å². The highest BCUT2D eigenvalue weighted by Crippen LogP contribution is 2.31. The van der Waals surface area contributed by atoms with Crippen molar-refractivity contribution in [3.63, 3.8) is 0 Å². The third kappa shape index (κ3) is 8.86. The van der Waals surface area contributed by atoms with Gasteiger partial charge in [-0.05, 0) is 53.2 Å². The Morgan fingerprint density at radius 3 is 2.33 bits per heavy atom. The first-order chi connectivity index (χ1) is 14.3. The molecule has 0 saturated heterocycles. The number of rotatable bonds is 7. The molecule has 0 N–H and O–H groups in total. The molecule has 2 aromatic rings. The van der Waals surface area contributed by atoms with Crippen molar-refractivity contribution >= 4 is 11.8 Å². The molecule has 2 rings (SSSR count). The van der Waals surface area contributed by atoms with E-state index in [1.54, 1.807) is 24.0 Å². The average Bonchev–Trinajstić information content (AvgIpc) is 3.02. The Hall–Kier alpha value is -1.88. The van der Waals surface area contributed by atoms with Crippen LogP contribution in [-0.4, -0.2) is 20.5 Å². The van der Waals surface area contributed by atoms with E-state index >= 15 is 0 Å². The van der Waals surface area contributed by atoms with Crippen molar-refractivity contribution in [3.05, 3.63) is 64.4 Å². The molecule has 0 spiro atoms. The lowest BCUT2D eigenvalue weighted by Crippen LogP contribution is -2.05. The van der Waals surface area contributed by atoms with Crippen molar-refractivity contribution in [2.45, 2.75) is 86.7 Å². The fourth-order valence-corrected chi connectivity index (χ4v) is 4.05. The molecule has 0 atom stereocenters. The number of aryl methyl sites for hydroxylation is 1. The van der Waals surface area contributed by atoms with E-state index in [2.05, 4.69) is 56.4 Å². The van der Waals surface area contributed by atoms with Crippen molar-refractivity contribution in [2.75, 3.05) is 5.75 Å². The molecular formula is C25H40FN3S. The summed E-state index contributed by atoms with van der Waals surface area (Å²) in [6, 6.07) is 2.00. The van der Waals surface area contributed by atoms with E-state index in [1.807, 2.05) is 34.6 Å². The summed E-state index contributed by atoms with van der Waals surface area (Å²) in [6.07, 6.45) is 7.85. The summed E-state index contributed by atoms with van der Waals surface area (Å²) in [5.74, 6) is 0.596. The van der Waals surface area contributed by atoms with Gasteiger partial charge in [0.15, 0.2) is 0 Å². The van der Waals surface area contributed by atoms with Gasteiger partial charge in [0.2, 0.25) is 0 Å². The van der Waals surface area contributed by atoms with Crippen LogP contribution in [0.2, 0.25) is 0 Å². The summed E-state index contributed by atoms with van der Waals surface area (Å²) in [5.41, 5.74) is 5.27. The Kier molecular flexibility index (Phi) is 14.1. The van der Waals surface area contributed by atoms with E-state index in [9.17, 15) is 4.39 Å². The highest BCUT2D eigenvalue weighted by atomic mass is 32.2. The van der Waals surface area contributed by atoms with Crippen LogP contribution in [0, 0.1) is 12.7 Å². The van der Waals surface area contributed by atoms with Gasteiger partial charge in [0, 0.05) is 30.0 Å². The summed E-state index contributed by atoms with van der Waals surface area (Å²) in [4.78, 5) is 3.84. The maximum Gasteiger partial charge on any atom is 0.145 e. The highest BCUT2D eigenvalue weighted by molar-refractivity contribution is 7.99. The van der Waals surface area contributed by atoms with Gasteiger partial charge in [-0.1, -0.05) is 51.0 Å². The largest absolute Gasteiger partial charge is 0.262 e. The first-order valence-corrected chi connectivity index (χ1v) is 11.9. The van der Waals surface area contributed by atoms with Crippen molar-refractivity contribution in [1.29, 1.82) is 0 Å². The molecule has 0 unspecified atom stereocenters. The number of halogens is 1. The lowest BCUT2D eigenvalue weighted by Gasteiger charge is -2.12. The van der Waals surface area contributed by atoms with E-state index in [4.69, 9.17) is 5.10 Å². The topological polar surface area (TPSA) is 30.7 Å². The van der Waals surface area contributed by atoms with Gasteiger partial charge in [0.1, 0.15) is 5.82 Å². The molecule has 0 bridgehead atoms. The molecule has 0 aliphatic heterocycles. The highest BCUT2D eigenvalue weighted by Gasteiger charge is 2.18. The number of pyridine rings is 1. The van der Waals surface area contributed by atoms with Crippen LogP contribution in [0.5, 0.6) is 0 Å². The predicted molar refractivity (Wildman–Crippen MR) is 131 cm³/mol. The van der Waals surface area contributed by atoms with Crippen molar-refractivity contribution in [2.24, 2.45) is 0 Å². The molecule has 2 heterocycles. The number of allylic oxidation sites excluding steroid dienone is 3. The maximum absolute atomic E-state index is 14.1. The number of hydrogen-bond donors (Lipinski definition) is 0. The summed E-state index contributed by atoms with van der Waals surface area (Å²) in [7, 11) is 0. The smallest absolute Gasteiger partial charge is 0.145 e. The summed E-state index contributed by atoms with van der Waals surface area (Å²) in [6.45, 7) is 20.6. The second-order valence-corrected chi connectivity index (χ2v) is 8.04. The van der Waals surface area contributed by atoms with Crippen molar-refractivity contribution < 1.29 is 4.39 Å². The van der Waals surface area contributed by atoms with Crippen LogP contribution < -0.4 is 0 Å². The SMILES string of the molecule is CC.CC.CC(C)=C/C(C)=C\CSc1c(Cc2ccncc2F)c(C)nn1C(C)C. The Balaban J connectivity index is 0.00000198. The molecule has 0 aliphatic rings. The van der Waals surface area contributed by atoms with Crippen LogP contribution in [0.1, 0.15) is 85.2 Å². The molecular weight excluding hydrogens is 393 g/mol. The number of aromatic nitrogens is 3. The lowest BCUT2D eigenvalue weighted by molar-refractivity contribution is 0.489. The second kappa shape index (κ2) is 15.0. The molecule has 0 amide bonds. The Bertz CT molecular complexity index is 816. The fourth-order valence-electron chi connectivity index (χ4n) is 2.77. The summed E-state index contributed by atoms with van der Waals surface area (Å²) >= 11 is 1.76. The molecule has 0 aromatic carbocycles. The minimum atomic E-state index is -0.264. The minimum Gasteiger partial charge on any atom is -0.262 e. The molecule has 168 valence electrons. The zero-order valence-electron chi connectivity index (χ0n) is 20.5. The first kappa shape index (κ1) is 28.1. The van der Waals surface area contributed by atoms with Gasteiger partial charge in [-0.3, -0.25) is 9.67 Å². The van der Waals surface area contributed by atoms with E-state index < -0.39 is 0 Å². The zero-order valence-corrected chi connectivity index (χ0v) is 21.3. The van der Waals surface area contributed by atoms with Crippen molar-refractivity contribution in [3.8, 4) is 0 Å². The average molecular weight is 434 g/mol. The van der Waals surface area contributed by atoms with E-state index in [0.29, 0.717) is 12.0 Å². The quantitative estimate of drug-likeness (QED) is 0.328. The Morgan fingerprint density at radius 2 is 1.80 bits per heavy atom. The van der Waals surface area contributed by atoms with Crippen molar-refractivity contribution in [1.82, 2.24) is 14.8 Å². The predicted octanol–water partition coefficient (Wildman–Crippen LogP) is 7.95. The van der Waals surface area contributed by atoms with Gasteiger partial charge >= 0.3 is 0 Å². The number of thioether (sulfide) groups is 1. The number of hydrogen-bond acceptors (Lipinski definition) is 3. The molecule has 0 aliphatic carbocycles.